The minimum Gasteiger partial charge on any atom is -0.354 e. The van der Waals surface area contributed by atoms with Gasteiger partial charge in [0.05, 0.1) is 11.3 Å². The maximum Gasteiger partial charge on any atom is 0.266 e. The average Bonchev–Trinajstić information content (AvgIpc) is 2.92. The number of hydrogen-bond acceptors (Lipinski definition) is 3. The first kappa shape index (κ1) is 19.0. The molecule has 0 aliphatic rings. The van der Waals surface area contributed by atoms with Gasteiger partial charge in [0, 0.05) is 16.4 Å². The second-order valence-electron chi connectivity index (χ2n) is 6.75. The summed E-state index contributed by atoms with van der Waals surface area (Å²) >= 11 is 1.35. The monoisotopic (exact) mass is 384 g/mol. The highest BCUT2D eigenvalue weighted by atomic mass is 32.1. The number of carbonyl (C=O) groups is 2. The molecule has 140 valence electrons. The van der Waals surface area contributed by atoms with Gasteiger partial charge in [0.25, 0.3) is 5.91 Å². The number of fused-ring (bicyclic) bond motifs is 1. The second-order valence-corrected chi connectivity index (χ2v) is 7.80. The van der Waals surface area contributed by atoms with E-state index in [2.05, 4.69) is 10.6 Å². The van der Waals surface area contributed by atoms with Crippen LogP contribution in [0.1, 0.15) is 34.6 Å². The normalized spacial score (nSPS) is 11.0. The molecule has 2 N–H and O–H groups in total. The molecule has 0 radical (unpaired) electrons. The zero-order chi connectivity index (χ0) is 19.6. The summed E-state index contributed by atoms with van der Waals surface area (Å²) in [6, 6.07) is 11.8. The second kappa shape index (κ2) is 7.88. The molecule has 0 unspecified atom stereocenters. The fourth-order valence-corrected chi connectivity index (χ4v) is 3.95. The lowest BCUT2D eigenvalue weighted by molar-refractivity contribution is -0.120. The van der Waals surface area contributed by atoms with Crippen LogP contribution in [-0.2, 0) is 11.2 Å². The number of amides is 2. The first-order valence-corrected chi connectivity index (χ1v) is 9.53. The van der Waals surface area contributed by atoms with Crippen LogP contribution in [0.25, 0.3) is 10.1 Å². The number of rotatable bonds is 5. The summed E-state index contributed by atoms with van der Waals surface area (Å²) in [6.45, 7) is 5.66. The predicted molar refractivity (Wildman–Crippen MR) is 108 cm³/mol. The largest absolute Gasteiger partial charge is 0.354 e. The lowest BCUT2D eigenvalue weighted by Gasteiger charge is -2.09. The summed E-state index contributed by atoms with van der Waals surface area (Å²) in [5.41, 5.74) is 2.30. The van der Waals surface area contributed by atoms with Gasteiger partial charge in [0.1, 0.15) is 5.82 Å². The van der Waals surface area contributed by atoms with Gasteiger partial charge in [-0.05, 0) is 67.6 Å². The Morgan fingerprint density at radius 2 is 1.81 bits per heavy atom. The Morgan fingerprint density at radius 1 is 1.11 bits per heavy atom. The number of aryl methyl sites for hydroxylation is 1. The first-order valence-electron chi connectivity index (χ1n) is 8.72. The number of thiophene rings is 1. The molecule has 27 heavy (non-hydrogen) atoms. The van der Waals surface area contributed by atoms with Crippen LogP contribution >= 0.6 is 11.3 Å². The third-order valence-electron chi connectivity index (χ3n) is 4.13. The highest BCUT2D eigenvalue weighted by molar-refractivity contribution is 7.21. The topological polar surface area (TPSA) is 58.2 Å². The molecule has 2 aromatic carbocycles. The Labute approximate surface area is 161 Å². The van der Waals surface area contributed by atoms with Crippen molar-refractivity contribution >= 4 is 38.9 Å². The van der Waals surface area contributed by atoms with Crippen LogP contribution < -0.4 is 10.6 Å². The third kappa shape index (κ3) is 4.52. The van der Waals surface area contributed by atoms with E-state index in [0.29, 0.717) is 17.0 Å². The van der Waals surface area contributed by atoms with E-state index in [1.54, 1.807) is 18.2 Å². The van der Waals surface area contributed by atoms with Crippen LogP contribution in [0, 0.1) is 12.7 Å². The van der Waals surface area contributed by atoms with Gasteiger partial charge in [-0.2, -0.15) is 0 Å². The van der Waals surface area contributed by atoms with Crippen LogP contribution in [0.15, 0.2) is 42.5 Å². The van der Waals surface area contributed by atoms with Gasteiger partial charge >= 0.3 is 0 Å². The highest BCUT2D eigenvalue weighted by Crippen LogP contribution is 2.31. The molecular formula is C21H21FN2O2S. The molecule has 3 aromatic rings. The Morgan fingerprint density at radius 3 is 2.48 bits per heavy atom. The van der Waals surface area contributed by atoms with Crippen molar-refractivity contribution in [1.82, 2.24) is 5.32 Å². The van der Waals surface area contributed by atoms with Crippen LogP contribution in [0.4, 0.5) is 10.1 Å². The Kier molecular flexibility index (Phi) is 5.56. The van der Waals surface area contributed by atoms with Gasteiger partial charge in [0.2, 0.25) is 5.91 Å². The summed E-state index contributed by atoms with van der Waals surface area (Å²) in [7, 11) is 0. The zero-order valence-corrected chi connectivity index (χ0v) is 16.2. The molecule has 0 atom stereocenters. The lowest BCUT2D eigenvalue weighted by Crippen LogP contribution is -2.31. The van der Waals surface area contributed by atoms with Gasteiger partial charge in [-0.3, -0.25) is 9.59 Å². The molecule has 3 rings (SSSR count). The van der Waals surface area contributed by atoms with E-state index >= 15 is 0 Å². The van der Waals surface area contributed by atoms with Crippen molar-refractivity contribution in [3.63, 3.8) is 0 Å². The molecule has 2 amide bonds. The minimum atomic E-state index is -0.313. The molecular weight excluding hydrogens is 363 g/mol. The van der Waals surface area contributed by atoms with Gasteiger partial charge in [-0.25, -0.2) is 4.39 Å². The molecule has 0 aliphatic heterocycles. The van der Waals surface area contributed by atoms with E-state index in [1.165, 1.54) is 23.5 Å². The van der Waals surface area contributed by atoms with E-state index in [0.717, 1.165) is 21.2 Å². The van der Waals surface area contributed by atoms with Crippen molar-refractivity contribution < 1.29 is 14.0 Å². The van der Waals surface area contributed by atoms with E-state index in [4.69, 9.17) is 0 Å². The molecule has 0 fully saturated rings. The molecule has 1 aromatic heterocycles. The SMILES string of the molecule is Cc1c(C(=O)Nc2ccc(CC(=O)NC(C)C)cc2)sc2ccc(F)cc12. The number of halogens is 1. The Hall–Kier alpha value is -2.73. The fourth-order valence-electron chi connectivity index (χ4n) is 2.86. The summed E-state index contributed by atoms with van der Waals surface area (Å²) in [6.07, 6.45) is 0.299. The van der Waals surface area contributed by atoms with E-state index < -0.39 is 0 Å². The number of benzene rings is 2. The quantitative estimate of drug-likeness (QED) is 0.672. The Balaban J connectivity index is 1.71. The van der Waals surface area contributed by atoms with Crippen LogP contribution in [0.5, 0.6) is 0 Å². The standard InChI is InChI=1S/C21H21FN2O2S/c1-12(2)23-19(25)10-14-4-7-16(8-5-14)24-21(26)20-13(3)17-11-15(22)6-9-18(17)27-20/h4-9,11-12H,10H2,1-3H3,(H,23,25)(H,24,26). The number of anilines is 1. The number of hydrogen-bond donors (Lipinski definition) is 2. The van der Waals surface area contributed by atoms with Crippen molar-refractivity contribution in [3.8, 4) is 0 Å². The van der Waals surface area contributed by atoms with Crippen molar-refractivity contribution in [2.45, 2.75) is 33.2 Å². The fraction of sp³-hybridized carbons (Fsp3) is 0.238. The average molecular weight is 384 g/mol. The van der Waals surface area contributed by atoms with E-state index in [1.807, 2.05) is 32.9 Å². The van der Waals surface area contributed by atoms with Crippen LogP contribution in [0.3, 0.4) is 0 Å². The summed E-state index contributed by atoms with van der Waals surface area (Å²) in [5, 5.41) is 6.47. The zero-order valence-electron chi connectivity index (χ0n) is 15.4. The summed E-state index contributed by atoms with van der Waals surface area (Å²) < 4.78 is 14.3. The molecule has 0 bridgehead atoms. The van der Waals surface area contributed by atoms with Crippen LogP contribution in [0.2, 0.25) is 0 Å². The number of nitrogens with one attached hydrogen (secondary N) is 2. The highest BCUT2D eigenvalue weighted by Gasteiger charge is 2.16. The molecule has 6 heteroatoms. The van der Waals surface area contributed by atoms with Gasteiger partial charge in [-0.15, -0.1) is 11.3 Å². The minimum absolute atomic E-state index is 0.0325. The van der Waals surface area contributed by atoms with E-state index in [-0.39, 0.29) is 23.7 Å². The van der Waals surface area contributed by atoms with Crippen molar-refractivity contribution in [1.29, 1.82) is 0 Å². The molecule has 1 heterocycles. The van der Waals surface area contributed by atoms with Crippen LogP contribution in [-0.4, -0.2) is 17.9 Å². The predicted octanol–water partition coefficient (Wildman–Crippen LogP) is 4.67. The van der Waals surface area contributed by atoms with Gasteiger partial charge < -0.3 is 10.6 Å². The van der Waals surface area contributed by atoms with Crippen molar-refractivity contribution in [3.05, 3.63) is 64.3 Å². The first-order chi connectivity index (χ1) is 12.8. The maximum absolute atomic E-state index is 13.4. The summed E-state index contributed by atoms with van der Waals surface area (Å²) in [4.78, 5) is 25.0. The van der Waals surface area contributed by atoms with E-state index in [9.17, 15) is 14.0 Å². The number of carbonyl (C=O) groups excluding carboxylic acids is 2. The molecule has 0 saturated heterocycles. The summed E-state index contributed by atoms with van der Waals surface area (Å²) in [5.74, 6) is -0.568. The molecule has 0 spiro atoms. The molecule has 0 aliphatic carbocycles. The van der Waals surface area contributed by atoms with Crippen molar-refractivity contribution in [2.24, 2.45) is 0 Å². The molecule has 4 nitrogen and oxygen atoms in total. The smallest absolute Gasteiger partial charge is 0.266 e. The van der Waals surface area contributed by atoms with Gasteiger partial charge in [-0.1, -0.05) is 12.1 Å². The van der Waals surface area contributed by atoms with Crippen molar-refractivity contribution in [2.75, 3.05) is 5.32 Å². The third-order valence-corrected chi connectivity index (χ3v) is 5.40. The lowest BCUT2D eigenvalue weighted by atomic mass is 10.1. The Bertz CT molecular complexity index is 993. The maximum atomic E-state index is 13.4. The molecule has 0 saturated carbocycles. The van der Waals surface area contributed by atoms with Gasteiger partial charge in [0.15, 0.2) is 0 Å².